The molecule has 0 amide bonds. The van der Waals surface area contributed by atoms with Crippen LogP contribution in [0.2, 0.25) is 0 Å². The first kappa shape index (κ1) is 16.7. The summed E-state index contributed by atoms with van der Waals surface area (Å²) in [6.45, 7) is 10.7. The summed E-state index contributed by atoms with van der Waals surface area (Å²) >= 11 is 3.64. The van der Waals surface area contributed by atoms with Gasteiger partial charge in [-0.05, 0) is 49.0 Å². The van der Waals surface area contributed by atoms with E-state index >= 15 is 0 Å². The van der Waals surface area contributed by atoms with Gasteiger partial charge in [0.05, 0.1) is 22.9 Å². The molecule has 0 spiro atoms. The molecule has 2 atom stereocenters. The van der Waals surface area contributed by atoms with Crippen molar-refractivity contribution < 1.29 is 0 Å². The number of rotatable bonds is 8. The van der Waals surface area contributed by atoms with E-state index in [2.05, 4.69) is 70.8 Å². The SMILES string of the molecule is CCNCC(C)C(C)c1c(Br)cnn1CCN(C)C. The number of likely N-dealkylation sites (N-methyl/N-ethyl adjacent to an activating group) is 1. The summed E-state index contributed by atoms with van der Waals surface area (Å²) in [5, 5.41) is 7.92. The van der Waals surface area contributed by atoms with Gasteiger partial charge in [0.25, 0.3) is 0 Å². The number of nitrogens with one attached hydrogen (secondary N) is 1. The lowest BCUT2D eigenvalue weighted by Gasteiger charge is -2.22. The van der Waals surface area contributed by atoms with Crippen LogP contribution >= 0.6 is 15.9 Å². The fraction of sp³-hybridized carbons (Fsp3) is 0.786. The molecule has 0 saturated carbocycles. The van der Waals surface area contributed by atoms with Gasteiger partial charge in [0, 0.05) is 12.5 Å². The van der Waals surface area contributed by atoms with Crippen molar-refractivity contribution in [1.29, 1.82) is 0 Å². The minimum Gasteiger partial charge on any atom is -0.317 e. The third-order valence-electron chi connectivity index (χ3n) is 3.59. The molecule has 0 aliphatic rings. The molecule has 5 heteroatoms. The maximum Gasteiger partial charge on any atom is 0.0635 e. The molecule has 4 nitrogen and oxygen atoms in total. The van der Waals surface area contributed by atoms with Crippen molar-refractivity contribution in [2.75, 3.05) is 33.7 Å². The molecule has 2 unspecified atom stereocenters. The van der Waals surface area contributed by atoms with Gasteiger partial charge in [0.2, 0.25) is 0 Å². The molecule has 0 aliphatic carbocycles. The van der Waals surface area contributed by atoms with E-state index in [-0.39, 0.29) is 0 Å². The largest absolute Gasteiger partial charge is 0.317 e. The van der Waals surface area contributed by atoms with E-state index in [1.807, 2.05) is 6.20 Å². The van der Waals surface area contributed by atoms with Crippen molar-refractivity contribution in [2.24, 2.45) is 5.92 Å². The quantitative estimate of drug-likeness (QED) is 0.795. The molecule has 0 aliphatic heterocycles. The van der Waals surface area contributed by atoms with Crippen LogP contribution in [0.3, 0.4) is 0 Å². The summed E-state index contributed by atoms with van der Waals surface area (Å²) in [7, 11) is 4.19. The second-order valence-electron chi connectivity index (χ2n) is 5.48. The van der Waals surface area contributed by atoms with Gasteiger partial charge in [-0.3, -0.25) is 4.68 Å². The van der Waals surface area contributed by atoms with Crippen LogP contribution in [0.1, 0.15) is 32.4 Å². The topological polar surface area (TPSA) is 33.1 Å². The maximum atomic E-state index is 4.49. The smallest absolute Gasteiger partial charge is 0.0635 e. The van der Waals surface area contributed by atoms with Gasteiger partial charge in [0.1, 0.15) is 0 Å². The van der Waals surface area contributed by atoms with Crippen molar-refractivity contribution >= 4 is 15.9 Å². The summed E-state index contributed by atoms with van der Waals surface area (Å²) in [4.78, 5) is 2.19. The lowest BCUT2D eigenvalue weighted by atomic mass is 9.92. The first-order valence-corrected chi connectivity index (χ1v) is 7.83. The van der Waals surface area contributed by atoms with E-state index in [1.165, 1.54) is 5.69 Å². The van der Waals surface area contributed by atoms with Crippen molar-refractivity contribution in [3.63, 3.8) is 0 Å². The Morgan fingerprint density at radius 2 is 2.11 bits per heavy atom. The average Bonchev–Trinajstić information content (AvgIpc) is 2.73. The molecule has 0 saturated heterocycles. The fourth-order valence-corrected chi connectivity index (χ4v) is 2.77. The summed E-state index contributed by atoms with van der Waals surface area (Å²) < 4.78 is 3.26. The third-order valence-corrected chi connectivity index (χ3v) is 4.20. The molecule has 1 aromatic rings. The van der Waals surface area contributed by atoms with Gasteiger partial charge in [-0.2, -0.15) is 5.10 Å². The van der Waals surface area contributed by atoms with E-state index in [9.17, 15) is 0 Å². The predicted octanol–water partition coefficient (Wildman–Crippen LogP) is 2.56. The Hall–Kier alpha value is -0.390. The van der Waals surface area contributed by atoms with Crippen molar-refractivity contribution in [1.82, 2.24) is 20.0 Å². The second-order valence-corrected chi connectivity index (χ2v) is 6.33. The van der Waals surface area contributed by atoms with E-state index in [4.69, 9.17) is 0 Å². The summed E-state index contributed by atoms with van der Waals surface area (Å²) in [6, 6.07) is 0. The zero-order valence-corrected chi connectivity index (χ0v) is 14.4. The Kier molecular flexibility index (Phi) is 7.04. The van der Waals surface area contributed by atoms with Crippen LogP contribution < -0.4 is 5.32 Å². The molecular weight excluding hydrogens is 304 g/mol. The summed E-state index contributed by atoms with van der Waals surface area (Å²) in [6.07, 6.45) is 1.92. The lowest BCUT2D eigenvalue weighted by molar-refractivity contribution is 0.357. The number of nitrogens with zero attached hydrogens (tertiary/aromatic N) is 3. The number of hydrogen-bond donors (Lipinski definition) is 1. The predicted molar refractivity (Wildman–Crippen MR) is 84.6 cm³/mol. The molecule has 0 aromatic carbocycles. The number of halogens is 1. The van der Waals surface area contributed by atoms with Crippen LogP contribution in [0.15, 0.2) is 10.7 Å². The Labute approximate surface area is 125 Å². The molecule has 1 heterocycles. The minimum atomic E-state index is 0.484. The number of aromatic nitrogens is 2. The van der Waals surface area contributed by atoms with E-state index in [0.29, 0.717) is 11.8 Å². The standard InChI is InChI=1S/C14H27BrN4/c1-6-16-9-11(2)12(3)14-13(15)10-17-19(14)8-7-18(4)5/h10-12,16H,6-9H2,1-5H3. The molecule has 1 aromatic heterocycles. The van der Waals surface area contributed by atoms with Crippen molar-refractivity contribution in [3.8, 4) is 0 Å². The van der Waals surface area contributed by atoms with Crippen molar-refractivity contribution in [2.45, 2.75) is 33.2 Å². The molecule has 0 bridgehead atoms. The normalized spacial score (nSPS) is 14.9. The minimum absolute atomic E-state index is 0.484. The first-order valence-electron chi connectivity index (χ1n) is 7.04. The molecule has 19 heavy (non-hydrogen) atoms. The molecular formula is C14H27BrN4. The summed E-state index contributed by atoms with van der Waals surface area (Å²) in [5.74, 6) is 1.07. The van der Waals surface area contributed by atoms with E-state index < -0.39 is 0 Å². The molecule has 110 valence electrons. The van der Waals surface area contributed by atoms with Gasteiger partial charge in [-0.1, -0.05) is 20.8 Å². The van der Waals surface area contributed by atoms with Crippen LogP contribution in [-0.4, -0.2) is 48.4 Å². The highest BCUT2D eigenvalue weighted by Gasteiger charge is 2.21. The Bertz CT molecular complexity index is 376. The highest BCUT2D eigenvalue weighted by Crippen LogP contribution is 2.30. The molecule has 0 fully saturated rings. The van der Waals surface area contributed by atoms with Gasteiger partial charge in [-0.15, -0.1) is 0 Å². The summed E-state index contributed by atoms with van der Waals surface area (Å²) in [5.41, 5.74) is 1.31. The van der Waals surface area contributed by atoms with Gasteiger partial charge >= 0.3 is 0 Å². The van der Waals surface area contributed by atoms with E-state index in [0.717, 1.165) is 30.7 Å². The number of hydrogen-bond acceptors (Lipinski definition) is 3. The average molecular weight is 331 g/mol. The lowest BCUT2D eigenvalue weighted by Crippen LogP contribution is -2.26. The zero-order valence-electron chi connectivity index (χ0n) is 12.8. The zero-order chi connectivity index (χ0) is 14.4. The van der Waals surface area contributed by atoms with Gasteiger partial charge in [0.15, 0.2) is 0 Å². The monoisotopic (exact) mass is 330 g/mol. The highest BCUT2D eigenvalue weighted by molar-refractivity contribution is 9.10. The van der Waals surface area contributed by atoms with Crippen molar-refractivity contribution in [3.05, 3.63) is 16.4 Å². The van der Waals surface area contributed by atoms with E-state index in [1.54, 1.807) is 0 Å². The van der Waals surface area contributed by atoms with Gasteiger partial charge in [-0.25, -0.2) is 0 Å². The Balaban J connectivity index is 2.77. The Morgan fingerprint density at radius 3 is 2.68 bits per heavy atom. The van der Waals surface area contributed by atoms with Crippen LogP contribution in [0.25, 0.3) is 0 Å². The van der Waals surface area contributed by atoms with Crippen LogP contribution in [-0.2, 0) is 6.54 Å². The fourth-order valence-electron chi connectivity index (χ4n) is 2.12. The Morgan fingerprint density at radius 1 is 1.42 bits per heavy atom. The van der Waals surface area contributed by atoms with Gasteiger partial charge < -0.3 is 10.2 Å². The maximum absolute atomic E-state index is 4.49. The third kappa shape index (κ3) is 4.89. The molecule has 1 N–H and O–H groups in total. The second kappa shape index (κ2) is 8.02. The van der Waals surface area contributed by atoms with Crippen LogP contribution in [0.4, 0.5) is 0 Å². The van der Waals surface area contributed by atoms with Crippen LogP contribution in [0.5, 0.6) is 0 Å². The molecule has 0 radical (unpaired) electrons. The molecule has 1 rings (SSSR count). The highest BCUT2D eigenvalue weighted by atomic mass is 79.9. The van der Waals surface area contributed by atoms with Crippen LogP contribution in [0, 0.1) is 5.92 Å². The first-order chi connectivity index (χ1) is 8.97.